The van der Waals surface area contributed by atoms with Crippen molar-refractivity contribution in [1.82, 2.24) is 10.2 Å². The Bertz CT molecular complexity index is 586. The summed E-state index contributed by atoms with van der Waals surface area (Å²) in [5.74, 6) is 0. The lowest BCUT2D eigenvalue weighted by atomic mass is 10.1. The highest BCUT2D eigenvalue weighted by molar-refractivity contribution is 8.01. The van der Waals surface area contributed by atoms with Crippen molar-refractivity contribution in [3.8, 4) is 6.07 Å². The molecule has 104 valence electrons. The molecular formula is C14H16N4S2. The van der Waals surface area contributed by atoms with Crippen LogP contribution in [0.25, 0.3) is 0 Å². The average molecular weight is 304 g/mol. The van der Waals surface area contributed by atoms with Crippen LogP contribution in [0, 0.1) is 18.3 Å². The van der Waals surface area contributed by atoms with Crippen molar-refractivity contribution in [1.29, 1.82) is 5.26 Å². The number of hydrogen-bond donors (Lipinski definition) is 1. The fourth-order valence-electron chi connectivity index (χ4n) is 1.65. The van der Waals surface area contributed by atoms with Gasteiger partial charge in [-0.25, -0.2) is 0 Å². The minimum absolute atomic E-state index is 0.139. The second-order valence-electron chi connectivity index (χ2n) is 4.33. The molecule has 1 heterocycles. The van der Waals surface area contributed by atoms with Gasteiger partial charge in [-0.15, -0.1) is 10.2 Å². The van der Waals surface area contributed by atoms with Crippen LogP contribution in [0.4, 0.5) is 5.13 Å². The van der Waals surface area contributed by atoms with E-state index >= 15 is 0 Å². The Morgan fingerprint density at radius 2 is 2.10 bits per heavy atom. The predicted octanol–water partition coefficient (Wildman–Crippen LogP) is 3.51. The molecule has 1 aromatic carbocycles. The summed E-state index contributed by atoms with van der Waals surface area (Å²) in [7, 11) is 0. The van der Waals surface area contributed by atoms with Gasteiger partial charge in [-0.3, -0.25) is 0 Å². The number of thioether (sulfide) groups is 1. The number of aryl methyl sites for hydroxylation is 1. The largest absolute Gasteiger partial charge is 0.360 e. The van der Waals surface area contributed by atoms with Crippen LogP contribution in [0.5, 0.6) is 0 Å². The summed E-state index contributed by atoms with van der Waals surface area (Å²) in [6.07, 6.45) is 0.720. The van der Waals surface area contributed by atoms with Crippen LogP contribution in [0.2, 0.25) is 0 Å². The molecule has 0 radical (unpaired) electrons. The molecule has 2 aromatic rings. The summed E-state index contributed by atoms with van der Waals surface area (Å²) in [5.41, 5.74) is 2.40. The van der Waals surface area contributed by atoms with E-state index in [0.29, 0.717) is 0 Å². The second kappa shape index (κ2) is 7.27. The zero-order valence-corrected chi connectivity index (χ0v) is 13.1. The Morgan fingerprint density at radius 1 is 1.35 bits per heavy atom. The van der Waals surface area contributed by atoms with E-state index in [2.05, 4.69) is 52.8 Å². The van der Waals surface area contributed by atoms with Crippen LogP contribution in [-0.4, -0.2) is 22.0 Å². The zero-order chi connectivity index (χ0) is 14.4. The molecule has 0 unspecified atom stereocenters. The number of nitrogens with one attached hydrogen (secondary N) is 1. The van der Waals surface area contributed by atoms with Crippen LogP contribution < -0.4 is 5.32 Å². The van der Waals surface area contributed by atoms with E-state index in [-0.39, 0.29) is 5.25 Å². The van der Waals surface area contributed by atoms with Gasteiger partial charge in [-0.05, 0) is 25.8 Å². The normalized spacial score (nSPS) is 11.8. The first kappa shape index (κ1) is 14.8. The quantitative estimate of drug-likeness (QED) is 0.828. The van der Waals surface area contributed by atoms with Gasteiger partial charge in [0, 0.05) is 6.54 Å². The van der Waals surface area contributed by atoms with Crippen molar-refractivity contribution in [2.45, 2.75) is 29.9 Å². The van der Waals surface area contributed by atoms with E-state index in [1.54, 1.807) is 0 Å². The number of nitriles is 1. The molecule has 0 saturated heterocycles. The highest BCUT2D eigenvalue weighted by Crippen LogP contribution is 2.30. The maximum absolute atomic E-state index is 9.28. The van der Waals surface area contributed by atoms with E-state index in [0.717, 1.165) is 22.4 Å². The summed E-state index contributed by atoms with van der Waals surface area (Å²) >= 11 is 2.97. The van der Waals surface area contributed by atoms with Crippen molar-refractivity contribution < 1.29 is 0 Å². The van der Waals surface area contributed by atoms with Gasteiger partial charge in [-0.2, -0.15) is 5.26 Å². The van der Waals surface area contributed by atoms with Crippen molar-refractivity contribution in [2.75, 3.05) is 11.9 Å². The summed E-state index contributed by atoms with van der Waals surface area (Å²) in [5, 5.41) is 21.2. The molecule has 0 amide bonds. The van der Waals surface area contributed by atoms with Crippen molar-refractivity contribution in [2.24, 2.45) is 0 Å². The Morgan fingerprint density at radius 3 is 2.75 bits per heavy atom. The number of aromatic nitrogens is 2. The molecule has 0 spiro atoms. The third-order valence-electron chi connectivity index (χ3n) is 2.66. The molecule has 0 bridgehead atoms. The van der Waals surface area contributed by atoms with Gasteiger partial charge in [0.05, 0.1) is 6.07 Å². The number of benzene rings is 1. The first-order valence-corrected chi connectivity index (χ1v) is 8.10. The molecule has 4 nitrogen and oxygen atoms in total. The number of rotatable bonds is 6. The van der Waals surface area contributed by atoms with Gasteiger partial charge in [-0.1, -0.05) is 52.9 Å². The Hall–Kier alpha value is -1.58. The van der Waals surface area contributed by atoms with Crippen LogP contribution >= 0.6 is 23.1 Å². The molecule has 1 N–H and O–H groups in total. The second-order valence-corrected chi connectivity index (χ2v) is 6.76. The van der Waals surface area contributed by atoms with Crippen LogP contribution in [0.1, 0.15) is 18.1 Å². The minimum atomic E-state index is -0.139. The van der Waals surface area contributed by atoms with Gasteiger partial charge in [0.15, 0.2) is 4.34 Å². The molecule has 0 fully saturated rings. The van der Waals surface area contributed by atoms with Gasteiger partial charge in [0.25, 0.3) is 0 Å². The standard InChI is InChI=1S/C14H16N4S2/c1-3-16-13-17-18-14(20-13)19-12(9-15)8-11-6-4-10(2)5-7-11/h4-7,12H,3,8H2,1-2H3,(H,16,17)/t12-/m1/s1. The van der Waals surface area contributed by atoms with Gasteiger partial charge < -0.3 is 5.32 Å². The maximum Gasteiger partial charge on any atom is 0.206 e. The minimum Gasteiger partial charge on any atom is -0.360 e. The van der Waals surface area contributed by atoms with Crippen molar-refractivity contribution in [3.05, 3.63) is 35.4 Å². The SMILES string of the molecule is CCNc1nnc(S[C@@H](C#N)Cc2ccc(C)cc2)s1. The van der Waals surface area contributed by atoms with E-state index in [1.807, 2.05) is 6.92 Å². The monoisotopic (exact) mass is 304 g/mol. The molecule has 6 heteroatoms. The maximum atomic E-state index is 9.28. The summed E-state index contributed by atoms with van der Waals surface area (Å²) in [6, 6.07) is 10.6. The van der Waals surface area contributed by atoms with Crippen LogP contribution in [0.3, 0.4) is 0 Å². The molecular weight excluding hydrogens is 288 g/mol. The third-order valence-corrected chi connectivity index (χ3v) is 4.72. The lowest BCUT2D eigenvalue weighted by molar-refractivity contribution is 0.984. The highest BCUT2D eigenvalue weighted by atomic mass is 32.2. The molecule has 20 heavy (non-hydrogen) atoms. The lowest BCUT2D eigenvalue weighted by Gasteiger charge is -2.06. The first-order chi connectivity index (χ1) is 9.71. The lowest BCUT2D eigenvalue weighted by Crippen LogP contribution is -2.03. The van der Waals surface area contributed by atoms with Crippen molar-refractivity contribution in [3.63, 3.8) is 0 Å². The van der Waals surface area contributed by atoms with Gasteiger partial charge in [0.1, 0.15) is 5.25 Å². The number of nitrogens with zero attached hydrogens (tertiary/aromatic N) is 3. The fraction of sp³-hybridized carbons (Fsp3) is 0.357. The third kappa shape index (κ3) is 4.22. The summed E-state index contributed by atoms with van der Waals surface area (Å²) in [6.45, 7) is 4.90. The Kier molecular flexibility index (Phi) is 5.39. The van der Waals surface area contributed by atoms with Gasteiger partial charge >= 0.3 is 0 Å². The molecule has 2 rings (SSSR count). The van der Waals surface area contributed by atoms with E-state index in [1.165, 1.54) is 34.2 Å². The number of hydrogen-bond acceptors (Lipinski definition) is 6. The average Bonchev–Trinajstić information content (AvgIpc) is 2.88. The smallest absolute Gasteiger partial charge is 0.206 e. The molecule has 0 saturated carbocycles. The van der Waals surface area contributed by atoms with E-state index in [4.69, 9.17) is 0 Å². The topological polar surface area (TPSA) is 61.6 Å². The van der Waals surface area contributed by atoms with E-state index < -0.39 is 0 Å². The summed E-state index contributed by atoms with van der Waals surface area (Å²) < 4.78 is 0.833. The van der Waals surface area contributed by atoms with Crippen LogP contribution in [0.15, 0.2) is 28.6 Å². The van der Waals surface area contributed by atoms with Crippen LogP contribution in [-0.2, 0) is 6.42 Å². The summed E-state index contributed by atoms with van der Waals surface area (Å²) in [4.78, 5) is 0. The van der Waals surface area contributed by atoms with Gasteiger partial charge in [0.2, 0.25) is 5.13 Å². The molecule has 0 aliphatic carbocycles. The Labute approximate surface area is 127 Å². The fourth-order valence-corrected chi connectivity index (χ4v) is 3.64. The molecule has 0 aliphatic heterocycles. The molecule has 1 atom stereocenters. The Balaban J connectivity index is 1.98. The molecule has 0 aliphatic rings. The predicted molar refractivity (Wildman–Crippen MR) is 84.2 cm³/mol. The zero-order valence-electron chi connectivity index (χ0n) is 11.5. The first-order valence-electron chi connectivity index (χ1n) is 6.40. The molecule has 1 aromatic heterocycles. The number of anilines is 1. The highest BCUT2D eigenvalue weighted by Gasteiger charge is 2.14. The van der Waals surface area contributed by atoms with Crippen molar-refractivity contribution >= 4 is 28.2 Å². The van der Waals surface area contributed by atoms with E-state index in [9.17, 15) is 5.26 Å².